The predicted molar refractivity (Wildman–Crippen MR) is 64.5 cm³/mol. The standard InChI is InChI=1S/C12H13BrO/c1-3-5-8-14-12-7-6-11(13)9-10(12)4-2/h3-4,6-7,9H,1-2,5,8H2. The number of ether oxygens (including phenoxy) is 1. The molecular formula is C12H13BrO. The van der Waals surface area contributed by atoms with Crippen LogP contribution in [0.1, 0.15) is 12.0 Å². The molecule has 14 heavy (non-hydrogen) atoms. The first-order valence-electron chi connectivity index (χ1n) is 4.43. The van der Waals surface area contributed by atoms with Crippen molar-refractivity contribution in [3.05, 3.63) is 47.5 Å². The van der Waals surface area contributed by atoms with Gasteiger partial charge in [-0.3, -0.25) is 0 Å². The number of halogens is 1. The minimum absolute atomic E-state index is 0.659. The summed E-state index contributed by atoms with van der Waals surface area (Å²) >= 11 is 3.40. The van der Waals surface area contributed by atoms with Gasteiger partial charge in [0.05, 0.1) is 6.61 Å². The van der Waals surface area contributed by atoms with E-state index in [1.807, 2.05) is 24.3 Å². The van der Waals surface area contributed by atoms with Gasteiger partial charge in [-0.05, 0) is 24.6 Å². The first-order chi connectivity index (χ1) is 6.77. The van der Waals surface area contributed by atoms with Gasteiger partial charge in [-0.1, -0.05) is 34.7 Å². The van der Waals surface area contributed by atoms with E-state index < -0.39 is 0 Å². The van der Waals surface area contributed by atoms with Crippen molar-refractivity contribution >= 4 is 22.0 Å². The molecule has 1 rings (SSSR count). The monoisotopic (exact) mass is 252 g/mol. The van der Waals surface area contributed by atoms with E-state index in [-0.39, 0.29) is 0 Å². The summed E-state index contributed by atoms with van der Waals surface area (Å²) in [4.78, 5) is 0. The van der Waals surface area contributed by atoms with Gasteiger partial charge in [-0.15, -0.1) is 6.58 Å². The smallest absolute Gasteiger partial charge is 0.126 e. The molecule has 0 unspecified atom stereocenters. The Labute approximate surface area is 93.2 Å². The quantitative estimate of drug-likeness (QED) is 0.568. The molecule has 0 aliphatic carbocycles. The van der Waals surface area contributed by atoms with Crippen LogP contribution in [-0.4, -0.2) is 6.61 Å². The van der Waals surface area contributed by atoms with Crippen molar-refractivity contribution in [2.75, 3.05) is 6.61 Å². The highest BCUT2D eigenvalue weighted by Gasteiger charge is 2.00. The molecule has 1 aromatic rings. The summed E-state index contributed by atoms with van der Waals surface area (Å²) in [5.74, 6) is 0.866. The molecule has 0 aliphatic rings. The first kappa shape index (κ1) is 11.1. The van der Waals surface area contributed by atoms with Crippen molar-refractivity contribution in [1.82, 2.24) is 0 Å². The van der Waals surface area contributed by atoms with Crippen LogP contribution in [0.5, 0.6) is 5.75 Å². The minimum atomic E-state index is 0.659. The van der Waals surface area contributed by atoms with Crippen molar-refractivity contribution < 1.29 is 4.74 Å². The van der Waals surface area contributed by atoms with Crippen LogP contribution in [0.2, 0.25) is 0 Å². The number of benzene rings is 1. The van der Waals surface area contributed by atoms with Gasteiger partial charge in [0, 0.05) is 10.0 Å². The summed E-state index contributed by atoms with van der Waals surface area (Å²) in [6, 6.07) is 5.87. The van der Waals surface area contributed by atoms with Crippen LogP contribution in [0.3, 0.4) is 0 Å². The van der Waals surface area contributed by atoms with E-state index in [1.54, 1.807) is 6.08 Å². The van der Waals surface area contributed by atoms with Crippen molar-refractivity contribution in [3.63, 3.8) is 0 Å². The molecule has 0 fully saturated rings. The van der Waals surface area contributed by atoms with E-state index in [4.69, 9.17) is 4.74 Å². The normalized spacial score (nSPS) is 9.50. The predicted octanol–water partition coefficient (Wildman–Crippen LogP) is 4.05. The molecule has 2 heteroatoms. The molecular weight excluding hydrogens is 240 g/mol. The van der Waals surface area contributed by atoms with E-state index in [1.165, 1.54) is 0 Å². The summed E-state index contributed by atoms with van der Waals surface area (Å²) < 4.78 is 6.59. The van der Waals surface area contributed by atoms with Gasteiger partial charge in [0.25, 0.3) is 0 Å². The second-order valence-corrected chi connectivity index (χ2v) is 3.73. The zero-order chi connectivity index (χ0) is 10.4. The molecule has 0 amide bonds. The number of rotatable bonds is 5. The third-order valence-corrected chi connectivity index (χ3v) is 2.26. The third-order valence-electron chi connectivity index (χ3n) is 1.77. The second-order valence-electron chi connectivity index (χ2n) is 2.81. The molecule has 0 spiro atoms. The fraction of sp³-hybridized carbons (Fsp3) is 0.167. The Balaban J connectivity index is 2.74. The maximum Gasteiger partial charge on any atom is 0.126 e. The first-order valence-corrected chi connectivity index (χ1v) is 5.23. The van der Waals surface area contributed by atoms with E-state index in [0.29, 0.717) is 6.61 Å². The lowest BCUT2D eigenvalue weighted by Gasteiger charge is -2.08. The molecule has 0 aromatic heterocycles. The summed E-state index contributed by atoms with van der Waals surface area (Å²) in [5.41, 5.74) is 1.00. The number of hydrogen-bond donors (Lipinski definition) is 0. The maximum atomic E-state index is 5.56. The van der Waals surface area contributed by atoms with Gasteiger partial charge in [-0.2, -0.15) is 0 Å². The van der Waals surface area contributed by atoms with Gasteiger partial charge < -0.3 is 4.74 Å². The van der Waals surface area contributed by atoms with Crippen LogP contribution >= 0.6 is 15.9 Å². The summed E-state index contributed by atoms with van der Waals surface area (Å²) in [6.07, 6.45) is 4.48. The summed E-state index contributed by atoms with van der Waals surface area (Å²) in [6.45, 7) is 8.04. The largest absolute Gasteiger partial charge is 0.493 e. The molecule has 0 bridgehead atoms. The van der Waals surface area contributed by atoms with Crippen LogP contribution in [0.4, 0.5) is 0 Å². The van der Waals surface area contributed by atoms with Gasteiger partial charge in [0.1, 0.15) is 5.75 Å². The van der Waals surface area contributed by atoms with Gasteiger partial charge in [-0.25, -0.2) is 0 Å². The lowest BCUT2D eigenvalue weighted by molar-refractivity contribution is 0.324. The molecule has 0 radical (unpaired) electrons. The van der Waals surface area contributed by atoms with E-state index in [0.717, 1.165) is 22.2 Å². The van der Waals surface area contributed by atoms with Crippen molar-refractivity contribution in [3.8, 4) is 5.75 Å². The molecule has 0 atom stereocenters. The Bertz CT molecular complexity index is 331. The van der Waals surface area contributed by atoms with E-state index >= 15 is 0 Å². The molecule has 74 valence electrons. The third kappa shape index (κ3) is 3.04. The van der Waals surface area contributed by atoms with Crippen LogP contribution < -0.4 is 4.74 Å². The zero-order valence-electron chi connectivity index (χ0n) is 8.00. The van der Waals surface area contributed by atoms with Crippen LogP contribution in [0.25, 0.3) is 6.08 Å². The fourth-order valence-electron chi connectivity index (χ4n) is 1.06. The molecule has 1 aromatic carbocycles. The lowest BCUT2D eigenvalue weighted by Crippen LogP contribution is -1.96. The Morgan fingerprint density at radius 1 is 1.36 bits per heavy atom. The van der Waals surface area contributed by atoms with Crippen LogP contribution in [0.15, 0.2) is 41.9 Å². The SMILES string of the molecule is C=CCCOc1ccc(Br)cc1C=C. The Kier molecular flexibility index (Phi) is 4.47. The van der Waals surface area contributed by atoms with Crippen molar-refractivity contribution in [1.29, 1.82) is 0 Å². The topological polar surface area (TPSA) is 9.23 Å². The molecule has 0 aliphatic heterocycles. The zero-order valence-corrected chi connectivity index (χ0v) is 9.59. The summed E-state index contributed by atoms with van der Waals surface area (Å²) in [7, 11) is 0. The molecule has 0 N–H and O–H groups in total. The van der Waals surface area contributed by atoms with Crippen molar-refractivity contribution in [2.24, 2.45) is 0 Å². The van der Waals surface area contributed by atoms with Crippen LogP contribution in [0, 0.1) is 0 Å². The highest BCUT2D eigenvalue weighted by molar-refractivity contribution is 9.10. The molecule has 0 saturated heterocycles. The maximum absolute atomic E-state index is 5.56. The summed E-state index contributed by atoms with van der Waals surface area (Å²) in [5, 5.41) is 0. The van der Waals surface area contributed by atoms with Crippen molar-refractivity contribution in [2.45, 2.75) is 6.42 Å². The lowest BCUT2D eigenvalue weighted by atomic mass is 10.2. The highest BCUT2D eigenvalue weighted by atomic mass is 79.9. The Morgan fingerprint density at radius 3 is 2.79 bits per heavy atom. The second kappa shape index (κ2) is 5.66. The average molecular weight is 253 g/mol. The van der Waals surface area contributed by atoms with Gasteiger partial charge in [0.15, 0.2) is 0 Å². The molecule has 0 heterocycles. The van der Waals surface area contributed by atoms with Gasteiger partial charge in [0.2, 0.25) is 0 Å². The molecule has 1 nitrogen and oxygen atoms in total. The molecule has 0 saturated carbocycles. The highest BCUT2D eigenvalue weighted by Crippen LogP contribution is 2.24. The van der Waals surface area contributed by atoms with Crippen LogP contribution in [-0.2, 0) is 0 Å². The Hall–Kier alpha value is -1.02. The number of hydrogen-bond acceptors (Lipinski definition) is 1. The average Bonchev–Trinajstić information content (AvgIpc) is 2.20. The van der Waals surface area contributed by atoms with E-state index in [2.05, 4.69) is 29.1 Å². The van der Waals surface area contributed by atoms with E-state index in [9.17, 15) is 0 Å². The van der Waals surface area contributed by atoms with Gasteiger partial charge >= 0.3 is 0 Å². The fourth-order valence-corrected chi connectivity index (χ4v) is 1.44. The Morgan fingerprint density at radius 2 is 2.14 bits per heavy atom. The minimum Gasteiger partial charge on any atom is -0.493 e.